The largest absolute Gasteiger partial charge is 0.396 e. The molecule has 0 amide bonds. The molecular formula is C25H36O. The maximum atomic E-state index is 9.27. The molecule has 0 aromatic rings. The number of hydrogen-bond donors (Lipinski definition) is 1. The molecule has 0 heterocycles. The van der Waals surface area contributed by atoms with E-state index in [0.29, 0.717) is 34.2 Å². The highest BCUT2D eigenvalue weighted by molar-refractivity contribution is 5.55. The summed E-state index contributed by atoms with van der Waals surface area (Å²) in [6, 6.07) is 0. The summed E-state index contributed by atoms with van der Waals surface area (Å²) >= 11 is 0. The Balaban J connectivity index is 1.59. The molecule has 1 N–H and O–H groups in total. The van der Waals surface area contributed by atoms with Crippen LogP contribution in [0.2, 0.25) is 0 Å². The molecule has 26 heavy (non-hydrogen) atoms. The molecule has 0 bridgehead atoms. The molecule has 1 heteroatoms. The maximum absolute atomic E-state index is 9.27. The number of hydrogen-bond acceptors (Lipinski definition) is 1. The summed E-state index contributed by atoms with van der Waals surface area (Å²) in [6.45, 7) is 12.6. The van der Waals surface area contributed by atoms with Crippen molar-refractivity contribution in [3.8, 4) is 0 Å². The van der Waals surface area contributed by atoms with Gasteiger partial charge in [-0.25, -0.2) is 0 Å². The lowest BCUT2D eigenvalue weighted by Crippen LogP contribution is -2.51. The molecule has 0 aromatic heterocycles. The van der Waals surface area contributed by atoms with Crippen molar-refractivity contribution >= 4 is 0 Å². The van der Waals surface area contributed by atoms with Crippen LogP contribution >= 0.6 is 0 Å². The number of fused-ring (bicyclic) bond motifs is 1. The topological polar surface area (TPSA) is 20.2 Å². The van der Waals surface area contributed by atoms with E-state index >= 15 is 0 Å². The first-order valence-electron chi connectivity index (χ1n) is 11.0. The highest BCUT2D eigenvalue weighted by Crippen LogP contribution is 2.87. The van der Waals surface area contributed by atoms with Crippen LogP contribution in [0, 0.1) is 39.4 Å². The van der Waals surface area contributed by atoms with Gasteiger partial charge in [-0.1, -0.05) is 56.7 Å². The molecule has 2 spiro atoms. The molecule has 5 aliphatic rings. The van der Waals surface area contributed by atoms with Crippen molar-refractivity contribution < 1.29 is 5.11 Å². The summed E-state index contributed by atoms with van der Waals surface area (Å²) < 4.78 is 0. The molecular weight excluding hydrogens is 316 g/mol. The standard InChI is InChI=1S/C25H36O/c1-17-15-20-23(4)19(8-5-11-25(23)21(17)22(25,2)3)10-13-24(20)12-9-18(16-24)7-6-14-26/h5,11,15,18-19,21,26H,1,6-10,12-14,16H2,2-4H3/t18-,19-,21-,23+,24+,25-/m0/s1. The lowest BCUT2D eigenvalue weighted by Gasteiger charge is -2.60. The van der Waals surface area contributed by atoms with E-state index in [1.54, 1.807) is 5.57 Å². The van der Waals surface area contributed by atoms with Gasteiger partial charge in [-0.15, -0.1) is 0 Å². The van der Waals surface area contributed by atoms with E-state index < -0.39 is 0 Å². The maximum Gasteiger partial charge on any atom is 0.0431 e. The van der Waals surface area contributed by atoms with Gasteiger partial charge in [0.1, 0.15) is 0 Å². The van der Waals surface area contributed by atoms with Gasteiger partial charge in [0.25, 0.3) is 0 Å². The van der Waals surface area contributed by atoms with Gasteiger partial charge in [-0.3, -0.25) is 0 Å². The Morgan fingerprint density at radius 3 is 2.73 bits per heavy atom. The Bertz CT molecular complexity index is 712. The zero-order valence-corrected chi connectivity index (χ0v) is 17.0. The van der Waals surface area contributed by atoms with Crippen LogP contribution in [0.15, 0.2) is 36.0 Å². The molecule has 5 aliphatic carbocycles. The van der Waals surface area contributed by atoms with Crippen molar-refractivity contribution in [2.24, 2.45) is 39.4 Å². The van der Waals surface area contributed by atoms with Gasteiger partial charge in [-0.05, 0) is 80.0 Å². The molecule has 3 saturated carbocycles. The lowest BCUT2D eigenvalue weighted by molar-refractivity contribution is 0.0210. The molecule has 5 rings (SSSR count). The zero-order chi connectivity index (χ0) is 18.4. The molecule has 3 fully saturated rings. The van der Waals surface area contributed by atoms with Gasteiger partial charge in [0.15, 0.2) is 0 Å². The van der Waals surface area contributed by atoms with Gasteiger partial charge in [0.2, 0.25) is 0 Å². The van der Waals surface area contributed by atoms with Crippen LogP contribution in [0.5, 0.6) is 0 Å². The highest BCUT2D eigenvalue weighted by Gasteiger charge is 2.81. The first-order chi connectivity index (χ1) is 12.3. The van der Waals surface area contributed by atoms with Crippen molar-refractivity contribution in [2.75, 3.05) is 6.61 Å². The summed E-state index contributed by atoms with van der Waals surface area (Å²) in [7, 11) is 0. The molecule has 0 aromatic carbocycles. The van der Waals surface area contributed by atoms with E-state index in [9.17, 15) is 5.11 Å². The van der Waals surface area contributed by atoms with Crippen molar-refractivity contribution in [2.45, 2.75) is 72.1 Å². The molecule has 0 unspecified atom stereocenters. The number of aliphatic hydroxyl groups is 1. The fraction of sp³-hybridized carbons (Fsp3) is 0.760. The van der Waals surface area contributed by atoms with Crippen LogP contribution in [0.1, 0.15) is 72.1 Å². The van der Waals surface area contributed by atoms with Crippen molar-refractivity contribution in [3.05, 3.63) is 36.0 Å². The van der Waals surface area contributed by atoms with Gasteiger partial charge in [-0.2, -0.15) is 0 Å². The van der Waals surface area contributed by atoms with E-state index in [-0.39, 0.29) is 0 Å². The van der Waals surface area contributed by atoms with Gasteiger partial charge < -0.3 is 5.11 Å². The second-order valence-corrected chi connectivity index (χ2v) is 11.0. The van der Waals surface area contributed by atoms with Crippen LogP contribution in [-0.4, -0.2) is 11.7 Å². The third-order valence-electron chi connectivity index (χ3n) is 9.92. The van der Waals surface area contributed by atoms with Crippen LogP contribution in [0.25, 0.3) is 0 Å². The summed E-state index contributed by atoms with van der Waals surface area (Å²) in [4.78, 5) is 0. The summed E-state index contributed by atoms with van der Waals surface area (Å²) in [5.74, 6) is 2.28. The highest BCUT2D eigenvalue weighted by atomic mass is 16.2. The predicted molar refractivity (Wildman–Crippen MR) is 108 cm³/mol. The number of aliphatic hydroxyl groups excluding tert-OH is 1. The van der Waals surface area contributed by atoms with Gasteiger partial charge in [0.05, 0.1) is 0 Å². The summed E-state index contributed by atoms with van der Waals surface area (Å²) in [5, 5.41) is 9.27. The van der Waals surface area contributed by atoms with E-state index in [1.165, 1.54) is 50.5 Å². The van der Waals surface area contributed by atoms with Crippen LogP contribution in [0.3, 0.4) is 0 Å². The monoisotopic (exact) mass is 352 g/mol. The smallest absolute Gasteiger partial charge is 0.0431 e. The van der Waals surface area contributed by atoms with E-state index in [0.717, 1.165) is 18.3 Å². The molecule has 0 saturated heterocycles. The zero-order valence-electron chi connectivity index (χ0n) is 17.0. The fourth-order valence-corrected chi connectivity index (χ4v) is 8.89. The quantitative estimate of drug-likeness (QED) is 0.612. The Morgan fingerprint density at radius 2 is 1.96 bits per heavy atom. The SMILES string of the molecule is C=C1C=C2[C@]3(CC[C@H](CCCO)C3)CC[C@@H]3CC=C[C@@]4([C@@H]1C4(C)C)[C@@]23C. The van der Waals surface area contributed by atoms with E-state index in [4.69, 9.17) is 0 Å². The molecule has 0 radical (unpaired) electrons. The lowest BCUT2D eigenvalue weighted by atomic mass is 9.44. The fourth-order valence-electron chi connectivity index (χ4n) is 8.89. The van der Waals surface area contributed by atoms with Crippen molar-refractivity contribution in [3.63, 3.8) is 0 Å². The molecule has 6 atom stereocenters. The minimum absolute atomic E-state index is 0.320. The first kappa shape index (κ1) is 17.3. The third kappa shape index (κ3) is 1.73. The second-order valence-electron chi connectivity index (χ2n) is 11.0. The Hall–Kier alpha value is -0.820. The van der Waals surface area contributed by atoms with Crippen LogP contribution in [-0.2, 0) is 0 Å². The molecule has 0 aliphatic heterocycles. The van der Waals surface area contributed by atoms with Crippen LogP contribution < -0.4 is 0 Å². The van der Waals surface area contributed by atoms with E-state index in [1.807, 2.05) is 0 Å². The normalized spacial score (nSPS) is 50.4. The van der Waals surface area contributed by atoms with Gasteiger partial charge >= 0.3 is 0 Å². The van der Waals surface area contributed by atoms with E-state index in [2.05, 4.69) is 45.6 Å². The van der Waals surface area contributed by atoms with Crippen LogP contribution in [0.4, 0.5) is 0 Å². The Kier molecular flexibility index (Phi) is 3.43. The summed E-state index contributed by atoms with van der Waals surface area (Å²) in [5.41, 5.74) is 4.63. The number of allylic oxidation sites excluding steroid dienone is 5. The third-order valence-corrected chi connectivity index (χ3v) is 9.92. The minimum atomic E-state index is 0.320. The Morgan fingerprint density at radius 1 is 1.19 bits per heavy atom. The predicted octanol–water partition coefficient (Wildman–Crippen LogP) is 6.06. The molecule has 142 valence electrons. The second kappa shape index (κ2) is 5.16. The van der Waals surface area contributed by atoms with Gasteiger partial charge in [0, 0.05) is 17.4 Å². The summed E-state index contributed by atoms with van der Waals surface area (Å²) in [6.07, 6.45) is 18.1. The number of rotatable bonds is 3. The Labute approximate surface area is 159 Å². The van der Waals surface area contributed by atoms with Crippen molar-refractivity contribution in [1.82, 2.24) is 0 Å². The molecule has 1 nitrogen and oxygen atoms in total. The average Bonchev–Trinajstić information content (AvgIpc) is 2.90. The van der Waals surface area contributed by atoms with Crippen molar-refractivity contribution in [1.29, 1.82) is 0 Å². The minimum Gasteiger partial charge on any atom is -0.396 e. The average molecular weight is 353 g/mol. The first-order valence-corrected chi connectivity index (χ1v) is 11.0.